The van der Waals surface area contributed by atoms with Gasteiger partial charge in [0.05, 0.1) is 4.92 Å². The second-order valence-corrected chi connectivity index (χ2v) is 1.97. The summed E-state index contributed by atoms with van der Waals surface area (Å²) in [7, 11) is 0. The van der Waals surface area contributed by atoms with Crippen LogP contribution in [-0.2, 0) is 0 Å². The van der Waals surface area contributed by atoms with Crippen LogP contribution < -0.4 is 5.11 Å². The van der Waals surface area contributed by atoms with Crippen LogP contribution in [0.15, 0.2) is 12.1 Å². The van der Waals surface area contributed by atoms with Crippen molar-refractivity contribution in [3.63, 3.8) is 0 Å². The van der Waals surface area contributed by atoms with Gasteiger partial charge in [0.15, 0.2) is 11.6 Å². The molecule has 0 amide bonds. The highest BCUT2D eigenvalue weighted by atomic mass is 19.2. The Kier molecular flexibility index (Phi) is 1.90. The molecule has 0 heterocycles. The van der Waals surface area contributed by atoms with Crippen LogP contribution in [-0.4, -0.2) is 4.92 Å². The van der Waals surface area contributed by atoms with E-state index in [-0.39, 0.29) is 0 Å². The molecule has 0 saturated heterocycles. The molecule has 4 nitrogen and oxygen atoms in total. The summed E-state index contributed by atoms with van der Waals surface area (Å²) in [6.07, 6.45) is 0. The molecule has 0 radical (unpaired) electrons. The number of halogens is 2. The maximum atomic E-state index is 12.4. The van der Waals surface area contributed by atoms with Crippen LogP contribution in [0.2, 0.25) is 0 Å². The molecule has 0 aliphatic rings. The first-order valence-electron chi connectivity index (χ1n) is 2.83. The number of hydrogen-bond donors (Lipinski definition) is 0. The highest BCUT2D eigenvalue weighted by molar-refractivity contribution is 5.45. The lowest BCUT2D eigenvalue weighted by Crippen LogP contribution is -2.02. The van der Waals surface area contributed by atoms with Crippen LogP contribution in [0.1, 0.15) is 0 Å². The molecule has 0 spiro atoms. The summed E-state index contributed by atoms with van der Waals surface area (Å²) in [6.45, 7) is 0. The number of nitrogens with zero attached hydrogens (tertiary/aromatic N) is 1. The van der Waals surface area contributed by atoms with E-state index in [1.54, 1.807) is 0 Å². The van der Waals surface area contributed by atoms with Gasteiger partial charge in [0.2, 0.25) is 0 Å². The normalized spacial score (nSPS) is 9.83. The van der Waals surface area contributed by atoms with Gasteiger partial charge in [-0.25, -0.2) is 8.78 Å². The molecule has 64 valence electrons. The topological polar surface area (TPSA) is 66.2 Å². The largest absolute Gasteiger partial charge is 0.866 e. The van der Waals surface area contributed by atoms with Crippen molar-refractivity contribution < 1.29 is 18.8 Å². The lowest BCUT2D eigenvalue weighted by Gasteiger charge is -2.06. The third-order valence-electron chi connectivity index (χ3n) is 1.23. The molecule has 0 aliphatic heterocycles. The second kappa shape index (κ2) is 2.72. The van der Waals surface area contributed by atoms with Crippen LogP contribution in [0.25, 0.3) is 0 Å². The zero-order valence-electron chi connectivity index (χ0n) is 5.58. The fourth-order valence-electron chi connectivity index (χ4n) is 0.666. The first kappa shape index (κ1) is 8.38. The van der Waals surface area contributed by atoms with Crippen molar-refractivity contribution in [1.29, 1.82) is 0 Å². The summed E-state index contributed by atoms with van der Waals surface area (Å²) < 4.78 is 24.6. The smallest absolute Gasteiger partial charge is 0.264 e. The number of nitro groups is 1. The minimum Gasteiger partial charge on any atom is -0.866 e. The molecule has 0 aromatic heterocycles. The highest BCUT2D eigenvalue weighted by Crippen LogP contribution is 2.26. The van der Waals surface area contributed by atoms with Gasteiger partial charge in [0.25, 0.3) is 5.69 Å². The molecular weight excluding hydrogens is 172 g/mol. The molecule has 0 atom stereocenters. The zero-order valence-corrected chi connectivity index (χ0v) is 5.58. The minimum absolute atomic E-state index is 0.537. The van der Waals surface area contributed by atoms with Gasteiger partial charge in [0, 0.05) is 11.8 Å². The lowest BCUT2D eigenvalue weighted by atomic mass is 10.3. The molecule has 1 aromatic rings. The molecular formula is C6H2F2NO3-. The predicted molar refractivity (Wildman–Crippen MR) is 32.5 cm³/mol. The van der Waals surface area contributed by atoms with Crippen LogP contribution in [0.4, 0.5) is 14.5 Å². The van der Waals surface area contributed by atoms with E-state index in [0.29, 0.717) is 12.1 Å². The summed E-state index contributed by atoms with van der Waals surface area (Å²) in [4.78, 5) is 8.94. The zero-order chi connectivity index (χ0) is 9.30. The van der Waals surface area contributed by atoms with Crippen LogP contribution >= 0.6 is 0 Å². The van der Waals surface area contributed by atoms with Crippen molar-refractivity contribution in [2.45, 2.75) is 0 Å². The van der Waals surface area contributed by atoms with Crippen LogP contribution in [0.5, 0.6) is 5.75 Å². The first-order valence-corrected chi connectivity index (χ1v) is 2.83. The maximum Gasteiger partial charge on any atom is 0.264 e. The Hall–Kier alpha value is -1.72. The summed E-state index contributed by atoms with van der Waals surface area (Å²) >= 11 is 0. The van der Waals surface area contributed by atoms with E-state index in [2.05, 4.69) is 0 Å². The molecule has 0 saturated carbocycles. The van der Waals surface area contributed by atoms with Crippen molar-refractivity contribution in [2.24, 2.45) is 0 Å². The Morgan fingerprint density at radius 1 is 1.33 bits per heavy atom. The molecule has 12 heavy (non-hydrogen) atoms. The Morgan fingerprint density at radius 2 is 1.92 bits per heavy atom. The highest BCUT2D eigenvalue weighted by Gasteiger charge is 2.13. The van der Waals surface area contributed by atoms with Gasteiger partial charge in [-0.05, 0) is 6.07 Å². The van der Waals surface area contributed by atoms with E-state index in [9.17, 15) is 24.0 Å². The predicted octanol–water partition coefficient (Wildman–Crippen LogP) is 0.947. The second-order valence-electron chi connectivity index (χ2n) is 1.97. The van der Waals surface area contributed by atoms with Gasteiger partial charge in [0.1, 0.15) is 0 Å². The minimum atomic E-state index is -1.72. The number of hydrogen-bond acceptors (Lipinski definition) is 3. The monoisotopic (exact) mass is 174 g/mol. The van der Waals surface area contributed by atoms with E-state index < -0.39 is 28.0 Å². The average Bonchev–Trinajstić information content (AvgIpc) is 2.00. The fourth-order valence-corrected chi connectivity index (χ4v) is 0.666. The van der Waals surface area contributed by atoms with Gasteiger partial charge in [-0.1, -0.05) is 0 Å². The molecule has 0 bridgehead atoms. The molecule has 0 aliphatic carbocycles. The number of rotatable bonds is 1. The van der Waals surface area contributed by atoms with Crippen molar-refractivity contribution >= 4 is 5.69 Å². The average molecular weight is 174 g/mol. The Labute approximate surface area is 65.2 Å². The molecule has 1 aromatic carbocycles. The summed E-state index contributed by atoms with van der Waals surface area (Å²) in [5.74, 6) is -4.63. The fraction of sp³-hybridized carbons (Fsp3) is 0. The standard InChI is InChI=1S/C6H3F2NO3/c7-3-1-2-4(9(11)12)6(10)5(3)8/h1-2,10H/p-1. The molecule has 1 rings (SSSR count). The Bertz CT molecular complexity index is 340. The number of nitro benzene ring substituents is 1. The van der Waals surface area contributed by atoms with Gasteiger partial charge in [-0.3, -0.25) is 10.1 Å². The van der Waals surface area contributed by atoms with Crippen LogP contribution in [0.3, 0.4) is 0 Å². The summed E-state index contributed by atoms with van der Waals surface area (Å²) in [5.41, 5.74) is -0.964. The summed E-state index contributed by atoms with van der Waals surface area (Å²) in [6, 6.07) is 1.16. The molecule has 0 N–H and O–H groups in total. The van der Waals surface area contributed by atoms with Crippen molar-refractivity contribution in [1.82, 2.24) is 0 Å². The third-order valence-corrected chi connectivity index (χ3v) is 1.23. The first-order chi connectivity index (χ1) is 5.54. The Morgan fingerprint density at radius 3 is 2.42 bits per heavy atom. The van der Waals surface area contributed by atoms with E-state index in [4.69, 9.17) is 0 Å². The molecule has 6 heteroatoms. The van der Waals surface area contributed by atoms with Crippen molar-refractivity contribution in [3.05, 3.63) is 33.9 Å². The summed E-state index contributed by atoms with van der Waals surface area (Å²) in [5, 5.41) is 20.6. The quantitative estimate of drug-likeness (QED) is 0.470. The maximum absolute atomic E-state index is 12.4. The lowest BCUT2D eigenvalue weighted by molar-refractivity contribution is -0.399. The van der Waals surface area contributed by atoms with Gasteiger partial charge >= 0.3 is 0 Å². The van der Waals surface area contributed by atoms with E-state index in [0.717, 1.165) is 0 Å². The van der Waals surface area contributed by atoms with Gasteiger partial charge in [-0.2, -0.15) is 0 Å². The molecule has 0 fully saturated rings. The van der Waals surface area contributed by atoms with Crippen molar-refractivity contribution in [2.75, 3.05) is 0 Å². The Balaban J connectivity index is 3.36. The van der Waals surface area contributed by atoms with Gasteiger partial charge < -0.3 is 5.11 Å². The van der Waals surface area contributed by atoms with E-state index in [1.807, 2.05) is 0 Å². The molecule has 0 unspecified atom stereocenters. The van der Waals surface area contributed by atoms with Gasteiger partial charge in [-0.15, -0.1) is 0 Å². The third kappa shape index (κ3) is 1.18. The van der Waals surface area contributed by atoms with E-state index >= 15 is 0 Å². The SMILES string of the molecule is O=[N+]([O-])c1ccc(F)c(F)c1[O-]. The number of benzene rings is 1. The van der Waals surface area contributed by atoms with E-state index in [1.165, 1.54) is 0 Å². The van der Waals surface area contributed by atoms with Crippen molar-refractivity contribution in [3.8, 4) is 5.75 Å². The van der Waals surface area contributed by atoms with Crippen LogP contribution in [0, 0.1) is 21.7 Å².